The highest BCUT2D eigenvalue weighted by molar-refractivity contribution is 7.09. The van der Waals surface area contributed by atoms with Crippen molar-refractivity contribution in [3.63, 3.8) is 0 Å². The van der Waals surface area contributed by atoms with E-state index in [-0.39, 0.29) is 11.9 Å². The highest BCUT2D eigenvalue weighted by atomic mass is 32.1. The number of para-hydroxylation sites is 1. The summed E-state index contributed by atoms with van der Waals surface area (Å²) in [6.07, 6.45) is 1.61. The molecule has 1 amide bonds. The topological polar surface area (TPSA) is 89.9 Å². The fourth-order valence-electron chi connectivity index (χ4n) is 3.53. The summed E-state index contributed by atoms with van der Waals surface area (Å²) < 4.78 is 11.8. The summed E-state index contributed by atoms with van der Waals surface area (Å²) in [7, 11) is 0. The maximum Gasteiger partial charge on any atom is 0.258 e. The zero-order valence-electron chi connectivity index (χ0n) is 14.8. The van der Waals surface area contributed by atoms with Gasteiger partial charge in [-0.15, -0.1) is 10.2 Å². The van der Waals surface area contributed by atoms with Crippen molar-refractivity contribution in [3.8, 4) is 10.8 Å². The number of carbonyl (C=O) groups is 1. The third kappa shape index (κ3) is 2.46. The first-order chi connectivity index (χ1) is 13.1. The number of furan rings is 1. The van der Waals surface area contributed by atoms with Gasteiger partial charge in [-0.25, -0.2) is 4.98 Å². The molecule has 1 aliphatic rings. The van der Waals surface area contributed by atoms with Crippen LogP contribution in [0.3, 0.4) is 0 Å². The van der Waals surface area contributed by atoms with Crippen LogP contribution in [0.1, 0.15) is 35.0 Å². The second-order valence-electron chi connectivity index (χ2n) is 6.50. The summed E-state index contributed by atoms with van der Waals surface area (Å²) in [5, 5.41) is 10.3. The number of carbonyl (C=O) groups excluding carboxylic acids is 1. The third-order valence-electron chi connectivity index (χ3n) is 4.87. The Morgan fingerprint density at radius 3 is 2.96 bits per heavy atom. The Kier molecular flexibility index (Phi) is 3.57. The number of rotatable bonds is 2. The molecule has 1 aromatic carbocycles. The molecule has 0 N–H and O–H groups in total. The van der Waals surface area contributed by atoms with E-state index in [2.05, 4.69) is 19.6 Å². The van der Waals surface area contributed by atoms with Crippen molar-refractivity contribution in [2.75, 3.05) is 6.54 Å². The van der Waals surface area contributed by atoms with E-state index in [0.717, 1.165) is 22.0 Å². The summed E-state index contributed by atoms with van der Waals surface area (Å²) in [6, 6.07) is 7.26. The number of fused-ring (bicyclic) bond motifs is 2. The van der Waals surface area contributed by atoms with Crippen LogP contribution in [0.2, 0.25) is 0 Å². The molecule has 0 saturated carbocycles. The summed E-state index contributed by atoms with van der Waals surface area (Å²) in [5.74, 6) is 2.12. The van der Waals surface area contributed by atoms with Crippen LogP contribution in [0, 0.1) is 6.92 Å². The van der Waals surface area contributed by atoms with Crippen LogP contribution in [0.4, 0.5) is 0 Å². The molecule has 1 atom stereocenters. The molecule has 0 saturated heterocycles. The van der Waals surface area contributed by atoms with Crippen molar-refractivity contribution in [3.05, 3.63) is 47.7 Å². The fraction of sp³-hybridized carbons (Fsp3) is 0.278. The van der Waals surface area contributed by atoms with Crippen molar-refractivity contribution >= 4 is 28.4 Å². The molecular weight excluding hydrogens is 364 g/mol. The smallest absolute Gasteiger partial charge is 0.258 e. The third-order valence-corrected chi connectivity index (χ3v) is 5.68. The molecule has 136 valence electrons. The van der Waals surface area contributed by atoms with Gasteiger partial charge < -0.3 is 13.9 Å². The number of benzene rings is 1. The maximum absolute atomic E-state index is 13.2. The Bertz CT molecular complexity index is 1160. The zero-order valence-corrected chi connectivity index (χ0v) is 15.6. The summed E-state index contributed by atoms with van der Waals surface area (Å²) in [4.78, 5) is 19.4. The molecule has 0 radical (unpaired) electrons. The Balaban J connectivity index is 1.50. The maximum atomic E-state index is 13.2. The highest BCUT2D eigenvalue weighted by Crippen LogP contribution is 2.31. The lowest BCUT2D eigenvalue weighted by molar-refractivity contribution is 0.0639. The number of hydrogen-bond donors (Lipinski definition) is 0. The molecule has 3 aromatic heterocycles. The van der Waals surface area contributed by atoms with Crippen molar-refractivity contribution in [2.45, 2.75) is 26.4 Å². The molecular formula is C18H16N6O2S. The molecule has 4 aromatic rings. The van der Waals surface area contributed by atoms with Gasteiger partial charge in [0, 0.05) is 18.5 Å². The monoisotopic (exact) mass is 380 g/mol. The fourth-order valence-corrected chi connectivity index (χ4v) is 4.19. The Morgan fingerprint density at radius 1 is 1.26 bits per heavy atom. The molecule has 27 heavy (non-hydrogen) atoms. The zero-order chi connectivity index (χ0) is 18.5. The lowest BCUT2D eigenvalue weighted by atomic mass is 10.1. The SMILES string of the molecule is Cc1nsc(-c2nnc3n2CCN(C(=O)c2cccc4ccoc24)[C@@H]3C)n1. The van der Waals surface area contributed by atoms with E-state index in [4.69, 9.17) is 4.42 Å². The van der Waals surface area contributed by atoms with Crippen molar-refractivity contribution < 1.29 is 9.21 Å². The molecule has 0 aliphatic carbocycles. The predicted octanol–water partition coefficient (Wildman–Crippen LogP) is 3.07. The van der Waals surface area contributed by atoms with Crippen molar-refractivity contribution in [1.29, 1.82) is 0 Å². The summed E-state index contributed by atoms with van der Waals surface area (Å²) in [5.41, 5.74) is 1.18. The van der Waals surface area contributed by atoms with Gasteiger partial charge in [-0.05, 0) is 37.5 Å². The summed E-state index contributed by atoms with van der Waals surface area (Å²) >= 11 is 1.31. The molecule has 9 heteroatoms. The van der Waals surface area contributed by atoms with Crippen LogP contribution in [0.15, 0.2) is 34.9 Å². The van der Waals surface area contributed by atoms with Gasteiger partial charge in [0.05, 0.1) is 17.9 Å². The second-order valence-corrected chi connectivity index (χ2v) is 7.25. The molecule has 0 spiro atoms. The van der Waals surface area contributed by atoms with E-state index in [1.807, 2.05) is 41.5 Å². The average molecular weight is 380 g/mol. The van der Waals surface area contributed by atoms with Gasteiger partial charge in [0.1, 0.15) is 11.4 Å². The molecule has 0 fully saturated rings. The molecule has 4 heterocycles. The average Bonchev–Trinajstić information content (AvgIpc) is 3.39. The lowest BCUT2D eigenvalue weighted by Gasteiger charge is -2.33. The Labute approximate surface area is 158 Å². The lowest BCUT2D eigenvalue weighted by Crippen LogP contribution is -2.41. The Hall–Kier alpha value is -3.07. The minimum atomic E-state index is -0.202. The predicted molar refractivity (Wildman–Crippen MR) is 99.3 cm³/mol. The van der Waals surface area contributed by atoms with Crippen LogP contribution in [-0.2, 0) is 6.54 Å². The number of aromatic nitrogens is 5. The van der Waals surface area contributed by atoms with Crippen molar-refractivity contribution in [1.82, 2.24) is 29.0 Å². The number of nitrogens with zero attached hydrogens (tertiary/aromatic N) is 6. The minimum absolute atomic E-state index is 0.0643. The van der Waals surface area contributed by atoms with Crippen molar-refractivity contribution in [2.24, 2.45) is 0 Å². The van der Waals surface area contributed by atoms with Gasteiger partial charge in [-0.3, -0.25) is 4.79 Å². The van der Waals surface area contributed by atoms with Crippen LogP contribution in [-0.4, -0.2) is 41.5 Å². The van der Waals surface area contributed by atoms with E-state index in [9.17, 15) is 4.79 Å². The minimum Gasteiger partial charge on any atom is -0.464 e. The van der Waals surface area contributed by atoms with Gasteiger partial charge >= 0.3 is 0 Å². The number of amides is 1. The first-order valence-corrected chi connectivity index (χ1v) is 9.42. The molecule has 5 rings (SSSR count). The number of hydrogen-bond acceptors (Lipinski definition) is 7. The van der Waals surface area contributed by atoms with Crippen LogP contribution in [0.5, 0.6) is 0 Å². The van der Waals surface area contributed by atoms with Crippen LogP contribution in [0.25, 0.3) is 21.8 Å². The van der Waals surface area contributed by atoms with Crippen LogP contribution < -0.4 is 0 Å². The molecule has 1 aliphatic heterocycles. The van der Waals surface area contributed by atoms with E-state index >= 15 is 0 Å². The second kappa shape index (κ2) is 5.98. The van der Waals surface area contributed by atoms with Gasteiger partial charge in [0.2, 0.25) is 0 Å². The quantitative estimate of drug-likeness (QED) is 0.531. The summed E-state index contributed by atoms with van der Waals surface area (Å²) in [6.45, 7) is 4.99. The van der Waals surface area contributed by atoms with E-state index in [0.29, 0.717) is 30.1 Å². The molecule has 0 bridgehead atoms. The first kappa shape index (κ1) is 16.1. The van der Waals surface area contributed by atoms with Gasteiger partial charge in [-0.2, -0.15) is 4.37 Å². The van der Waals surface area contributed by atoms with E-state index < -0.39 is 0 Å². The van der Waals surface area contributed by atoms with Crippen LogP contribution >= 0.6 is 11.5 Å². The molecule has 8 nitrogen and oxygen atoms in total. The number of aryl methyl sites for hydroxylation is 1. The van der Waals surface area contributed by atoms with Gasteiger partial charge in [0.15, 0.2) is 16.7 Å². The Morgan fingerprint density at radius 2 is 2.15 bits per heavy atom. The normalized spacial score (nSPS) is 16.7. The standard InChI is InChI=1S/C18H16N6O2S/c1-10-15-20-21-16(17-19-11(2)22-27-17)24(15)8-7-23(10)18(25)13-5-3-4-12-6-9-26-14(12)13/h3-6,9-10H,7-8H2,1-2H3/t10-/m1/s1. The molecule has 0 unspecified atom stereocenters. The first-order valence-electron chi connectivity index (χ1n) is 8.64. The van der Waals surface area contributed by atoms with Gasteiger partial charge in [-0.1, -0.05) is 12.1 Å². The van der Waals surface area contributed by atoms with E-state index in [1.165, 1.54) is 11.5 Å². The highest BCUT2D eigenvalue weighted by Gasteiger charge is 2.33. The van der Waals surface area contributed by atoms with E-state index in [1.54, 1.807) is 12.3 Å². The largest absolute Gasteiger partial charge is 0.464 e. The van der Waals surface area contributed by atoms with Gasteiger partial charge in [0.25, 0.3) is 5.91 Å².